The second-order valence-electron chi connectivity index (χ2n) is 7.82. The van der Waals surface area contributed by atoms with Gasteiger partial charge in [-0.05, 0) is 31.6 Å². The van der Waals surface area contributed by atoms with Crippen LogP contribution in [-0.2, 0) is 14.3 Å². The molecule has 3 atom stereocenters. The number of alkyl halides is 3. The number of hydrogen-bond acceptors (Lipinski definition) is 6. The van der Waals surface area contributed by atoms with Gasteiger partial charge >= 0.3 is 12.1 Å². The molecular formula is C19H25F3N4O4. The zero-order chi connectivity index (χ0) is 21.7. The number of ether oxygens (including phenoxy) is 1. The average Bonchev–Trinajstić information content (AvgIpc) is 2.66. The van der Waals surface area contributed by atoms with E-state index in [1.807, 2.05) is 0 Å². The summed E-state index contributed by atoms with van der Waals surface area (Å²) in [4.78, 5) is 32.1. The molecule has 0 spiro atoms. The van der Waals surface area contributed by atoms with Crippen LogP contribution in [0.4, 0.5) is 19.0 Å². The van der Waals surface area contributed by atoms with Gasteiger partial charge in [0.1, 0.15) is 0 Å². The molecule has 3 aliphatic rings. The van der Waals surface area contributed by atoms with Crippen molar-refractivity contribution in [2.75, 3.05) is 25.0 Å². The first-order valence-electron chi connectivity index (χ1n) is 9.96. The number of hydrogen-bond donors (Lipinski definition) is 2. The first kappa shape index (κ1) is 22.4. The Labute approximate surface area is 171 Å². The maximum Gasteiger partial charge on any atom is 0.490 e. The predicted molar refractivity (Wildman–Crippen MR) is 99.5 cm³/mol. The Hall–Kier alpha value is -2.27. The SMILES string of the molecule is O=C(Nc1cnccn1)[C@H]1CO[C@H]2CCN(C3CCC3)C[C@H]2C1.O=C(O)C(F)(F)F. The number of aliphatic carboxylic acids is 1. The summed E-state index contributed by atoms with van der Waals surface area (Å²) in [5.74, 6) is -1.84. The Bertz CT molecular complexity index is 730. The third kappa shape index (κ3) is 5.88. The molecule has 166 valence electrons. The average molecular weight is 430 g/mol. The van der Waals surface area contributed by atoms with Gasteiger partial charge in [-0.25, -0.2) is 9.78 Å². The summed E-state index contributed by atoms with van der Waals surface area (Å²) >= 11 is 0. The van der Waals surface area contributed by atoms with Gasteiger partial charge in [0.2, 0.25) is 5.91 Å². The fourth-order valence-corrected chi connectivity index (χ4v) is 4.02. The van der Waals surface area contributed by atoms with Crippen molar-refractivity contribution >= 4 is 17.7 Å². The lowest BCUT2D eigenvalue weighted by Gasteiger charge is -2.47. The van der Waals surface area contributed by atoms with Gasteiger partial charge in [-0.3, -0.25) is 14.7 Å². The van der Waals surface area contributed by atoms with Gasteiger partial charge < -0.3 is 15.2 Å². The Kier molecular flexibility index (Phi) is 7.24. The number of aromatic nitrogens is 2. The van der Waals surface area contributed by atoms with Crippen LogP contribution in [0.15, 0.2) is 18.6 Å². The Balaban J connectivity index is 0.000000318. The molecule has 1 saturated carbocycles. The van der Waals surface area contributed by atoms with Gasteiger partial charge in [0.25, 0.3) is 0 Å². The van der Waals surface area contributed by atoms with Crippen LogP contribution in [-0.4, -0.2) is 69.9 Å². The van der Waals surface area contributed by atoms with Crippen molar-refractivity contribution < 1.29 is 32.6 Å². The van der Waals surface area contributed by atoms with E-state index < -0.39 is 12.1 Å². The molecule has 0 aromatic carbocycles. The molecule has 1 aliphatic carbocycles. The minimum atomic E-state index is -5.08. The number of anilines is 1. The summed E-state index contributed by atoms with van der Waals surface area (Å²) < 4.78 is 37.7. The molecular weight excluding hydrogens is 405 g/mol. The maximum absolute atomic E-state index is 12.5. The van der Waals surface area contributed by atoms with Gasteiger partial charge in [0.15, 0.2) is 5.82 Å². The zero-order valence-corrected chi connectivity index (χ0v) is 16.3. The smallest absolute Gasteiger partial charge is 0.475 e. The second kappa shape index (κ2) is 9.69. The third-order valence-corrected chi connectivity index (χ3v) is 5.81. The summed E-state index contributed by atoms with van der Waals surface area (Å²) in [6.45, 7) is 2.77. The van der Waals surface area contributed by atoms with Gasteiger partial charge in [-0.2, -0.15) is 13.2 Å². The molecule has 0 unspecified atom stereocenters. The molecule has 3 fully saturated rings. The summed E-state index contributed by atoms with van der Waals surface area (Å²) in [5.41, 5.74) is 0. The molecule has 2 aliphatic heterocycles. The fourth-order valence-electron chi connectivity index (χ4n) is 4.02. The van der Waals surface area contributed by atoms with Crippen molar-refractivity contribution in [2.45, 2.75) is 50.4 Å². The molecule has 1 aromatic heterocycles. The number of nitrogens with one attached hydrogen (secondary N) is 1. The number of rotatable bonds is 3. The molecule has 2 saturated heterocycles. The molecule has 30 heavy (non-hydrogen) atoms. The summed E-state index contributed by atoms with van der Waals surface area (Å²) in [6.07, 6.45) is 6.09. The van der Waals surface area contributed by atoms with Crippen molar-refractivity contribution in [1.29, 1.82) is 0 Å². The molecule has 0 radical (unpaired) electrons. The topological polar surface area (TPSA) is 105 Å². The van der Waals surface area contributed by atoms with Crippen molar-refractivity contribution in [3.63, 3.8) is 0 Å². The Morgan fingerprint density at radius 3 is 2.53 bits per heavy atom. The number of amides is 1. The van der Waals surface area contributed by atoms with E-state index in [2.05, 4.69) is 20.2 Å². The largest absolute Gasteiger partial charge is 0.490 e. The highest BCUT2D eigenvalue weighted by Crippen LogP contribution is 2.35. The number of carboxylic acids is 1. The van der Waals surface area contributed by atoms with E-state index in [4.69, 9.17) is 14.6 Å². The number of carbonyl (C=O) groups excluding carboxylic acids is 1. The van der Waals surface area contributed by atoms with Gasteiger partial charge in [0, 0.05) is 31.5 Å². The quantitative estimate of drug-likeness (QED) is 0.758. The molecule has 11 heteroatoms. The van der Waals surface area contributed by atoms with Crippen molar-refractivity contribution in [3.8, 4) is 0 Å². The minimum Gasteiger partial charge on any atom is -0.475 e. The highest BCUT2D eigenvalue weighted by atomic mass is 19.4. The number of halogens is 3. The lowest BCUT2D eigenvalue weighted by Crippen LogP contribution is -2.53. The van der Waals surface area contributed by atoms with Crippen LogP contribution in [0.1, 0.15) is 32.1 Å². The Morgan fingerprint density at radius 1 is 1.23 bits per heavy atom. The van der Waals surface area contributed by atoms with Crippen LogP contribution in [0.5, 0.6) is 0 Å². The molecule has 8 nitrogen and oxygen atoms in total. The highest BCUT2D eigenvalue weighted by Gasteiger charge is 2.40. The van der Waals surface area contributed by atoms with E-state index >= 15 is 0 Å². The van der Waals surface area contributed by atoms with Crippen LogP contribution >= 0.6 is 0 Å². The molecule has 3 heterocycles. The van der Waals surface area contributed by atoms with Gasteiger partial charge in [0.05, 0.1) is 24.8 Å². The van der Waals surface area contributed by atoms with Crippen molar-refractivity contribution in [1.82, 2.24) is 14.9 Å². The number of fused-ring (bicyclic) bond motifs is 1. The normalized spacial score (nSPS) is 27.1. The van der Waals surface area contributed by atoms with Crippen molar-refractivity contribution in [2.24, 2.45) is 11.8 Å². The summed E-state index contributed by atoms with van der Waals surface area (Å²) in [6, 6.07) is 0.782. The van der Waals surface area contributed by atoms with Crippen LogP contribution in [0.3, 0.4) is 0 Å². The predicted octanol–water partition coefficient (Wildman–Crippen LogP) is 2.33. The van der Waals surface area contributed by atoms with E-state index in [9.17, 15) is 18.0 Å². The first-order valence-corrected chi connectivity index (χ1v) is 9.96. The molecule has 1 aromatic rings. The summed E-state index contributed by atoms with van der Waals surface area (Å²) in [7, 11) is 0. The minimum absolute atomic E-state index is 0.00437. The van der Waals surface area contributed by atoms with Crippen molar-refractivity contribution in [3.05, 3.63) is 18.6 Å². The Morgan fingerprint density at radius 2 is 1.97 bits per heavy atom. The van der Waals surface area contributed by atoms with Crippen LogP contribution < -0.4 is 5.32 Å². The number of carbonyl (C=O) groups is 2. The third-order valence-electron chi connectivity index (χ3n) is 5.81. The molecule has 1 amide bonds. The lowest BCUT2D eigenvalue weighted by atomic mass is 9.81. The first-order chi connectivity index (χ1) is 14.2. The van der Waals surface area contributed by atoms with Crippen LogP contribution in [0.25, 0.3) is 0 Å². The fraction of sp³-hybridized carbons (Fsp3) is 0.684. The molecule has 0 bridgehead atoms. The molecule has 4 rings (SSSR count). The van der Waals surface area contributed by atoms with E-state index in [-0.39, 0.29) is 11.8 Å². The number of piperidine rings is 1. The van der Waals surface area contributed by atoms with E-state index in [1.165, 1.54) is 19.3 Å². The monoisotopic (exact) mass is 430 g/mol. The maximum atomic E-state index is 12.5. The standard InChI is InChI=1S/C17H24N4O2.C2HF3O2/c22-17(20-16-9-18-5-6-19-16)13-8-12-10-21(14-2-1-3-14)7-4-15(12)23-11-13;3-2(4,5)1(6)7/h5-6,9,12-15H,1-4,7-8,10-11H2,(H,19,20,22);(H,6,7)/t12-,13-,15+;/m1./s1. The highest BCUT2D eigenvalue weighted by molar-refractivity contribution is 5.91. The van der Waals surface area contributed by atoms with Crippen LogP contribution in [0, 0.1) is 11.8 Å². The van der Waals surface area contributed by atoms with Gasteiger partial charge in [-0.15, -0.1) is 0 Å². The van der Waals surface area contributed by atoms with Crippen LogP contribution in [0.2, 0.25) is 0 Å². The van der Waals surface area contributed by atoms with E-state index in [0.717, 1.165) is 32.0 Å². The molecule has 2 N–H and O–H groups in total. The number of nitrogens with zero attached hydrogens (tertiary/aromatic N) is 3. The lowest BCUT2D eigenvalue weighted by molar-refractivity contribution is -0.192. The van der Waals surface area contributed by atoms with E-state index in [0.29, 0.717) is 24.4 Å². The second-order valence-corrected chi connectivity index (χ2v) is 7.82. The number of likely N-dealkylation sites (tertiary alicyclic amines) is 1. The van der Waals surface area contributed by atoms with Gasteiger partial charge in [-0.1, -0.05) is 6.42 Å². The summed E-state index contributed by atoms with van der Waals surface area (Å²) in [5, 5.41) is 9.98. The zero-order valence-electron chi connectivity index (χ0n) is 16.3. The van der Waals surface area contributed by atoms with E-state index in [1.54, 1.807) is 18.6 Å². The number of carboxylic acid groups (broad SMARTS) is 1.